The molecule has 0 heterocycles. The van der Waals surface area contributed by atoms with E-state index in [4.69, 9.17) is 9.47 Å². The summed E-state index contributed by atoms with van der Waals surface area (Å²) < 4.78 is 25.2. The number of hydrogen-bond acceptors (Lipinski definition) is 2. The Hall–Kier alpha value is -0.393. The molecule has 0 amide bonds. The molecule has 0 radical (unpaired) electrons. The van der Waals surface area contributed by atoms with Crippen LogP contribution in [0.3, 0.4) is 0 Å². The highest BCUT2D eigenvalue weighted by molar-refractivity contribution is 9.10. The van der Waals surface area contributed by atoms with Gasteiger partial charge in [0.2, 0.25) is 0 Å². The summed E-state index contributed by atoms with van der Waals surface area (Å²) in [5, 5.41) is 0. The quantitative estimate of drug-likeness (QED) is 0.398. The van der Waals surface area contributed by atoms with E-state index in [-0.39, 0.29) is 18.4 Å². The summed E-state index contributed by atoms with van der Waals surface area (Å²) in [6, 6.07) is 4.25. The van der Waals surface area contributed by atoms with Crippen molar-refractivity contribution in [3.63, 3.8) is 0 Å². The summed E-state index contributed by atoms with van der Waals surface area (Å²) in [4.78, 5) is 0. The van der Waals surface area contributed by atoms with Crippen LogP contribution in [0.25, 0.3) is 0 Å². The molecule has 2 nitrogen and oxygen atoms in total. The van der Waals surface area contributed by atoms with Gasteiger partial charge in [0, 0.05) is 19.2 Å². The maximum Gasteiger partial charge on any atom is 0.189 e. The first-order valence-corrected chi connectivity index (χ1v) is 11.0. The second-order valence-corrected chi connectivity index (χ2v) is 12.2. The second-order valence-electron chi connectivity index (χ2n) is 5.71. The van der Waals surface area contributed by atoms with E-state index < -0.39 is 8.07 Å². The standard InChI is InChI=1S/C14H22BrFO2Si/c1-5-11-8-14(13(16)9-12(11)15)18-10-17-6-7-19(2,3)4/h8-9H,5-7,10H2,1-4H3. The number of hydrogen-bond donors (Lipinski definition) is 0. The van der Waals surface area contributed by atoms with Gasteiger partial charge in [-0.15, -0.1) is 0 Å². The Kier molecular flexibility index (Phi) is 6.49. The van der Waals surface area contributed by atoms with E-state index in [1.54, 1.807) is 6.07 Å². The zero-order chi connectivity index (χ0) is 14.5. The molecular weight excluding hydrogens is 327 g/mol. The van der Waals surface area contributed by atoms with Crippen LogP contribution in [0.4, 0.5) is 4.39 Å². The molecule has 0 fully saturated rings. The highest BCUT2D eigenvalue weighted by Gasteiger charge is 2.12. The molecule has 108 valence electrons. The lowest BCUT2D eigenvalue weighted by Gasteiger charge is -2.16. The zero-order valence-corrected chi connectivity index (χ0v) is 14.6. The monoisotopic (exact) mass is 348 g/mol. The van der Waals surface area contributed by atoms with Crippen molar-refractivity contribution in [3.05, 3.63) is 28.0 Å². The van der Waals surface area contributed by atoms with Crippen LogP contribution in [0.15, 0.2) is 16.6 Å². The van der Waals surface area contributed by atoms with Gasteiger partial charge in [0.05, 0.1) is 0 Å². The van der Waals surface area contributed by atoms with E-state index in [0.29, 0.717) is 6.61 Å². The molecule has 0 atom stereocenters. The average molecular weight is 349 g/mol. The van der Waals surface area contributed by atoms with Crippen molar-refractivity contribution in [2.45, 2.75) is 39.0 Å². The first-order valence-electron chi connectivity index (χ1n) is 6.52. The minimum Gasteiger partial charge on any atom is -0.464 e. The van der Waals surface area contributed by atoms with E-state index in [2.05, 4.69) is 35.6 Å². The third kappa shape index (κ3) is 6.06. The van der Waals surface area contributed by atoms with E-state index >= 15 is 0 Å². The van der Waals surface area contributed by atoms with E-state index in [1.165, 1.54) is 6.07 Å². The fraction of sp³-hybridized carbons (Fsp3) is 0.571. The summed E-state index contributed by atoms with van der Waals surface area (Å²) in [6.07, 6.45) is 0.827. The van der Waals surface area contributed by atoms with E-state index in [1.807, 2.05) is 6.92 Å². The summed E-state index contributed by atoms with van der Waals surface area (Å²) in [5.41, 5.74) is 1.03. The van der Waals surface area contributed by atoms with Gasteiger partial charge in [0.25, 0.3) is 0 Å². The summed E-state index contributed by atoms with van der Waals surface area (Å²) >= 11 is 3.33. The SMILES string of the molecule is CCc1cc(OCOCC[Si](C)(C)C)c(F)cc1Br. The highest BCUT2D eigenvalue weighted by Crippen LogP contribution is 2.26. The van der Waals surface area contributed by atoms with Crippen LogP contribution in [0.5, 0.6) is 5.75 Å². The van der Waals surface area contributed by atoms with Gasteiger partial charge >= 0.3 is 0 Å². The lowest BCUT2D eigenvalue weighted by atomic mass is 10.1. The molecule has 0 unspecified atom stereocenters. The molecule has 1 aromatic rings. The maximum absolute atomic E-state index is 13.7. The molecule has 0 spiro atoms. The molecule has 0 saturated carbocycles. The third-order valence-electron chi connectivity index (χ3n) is 2.78. The normalized spacial score (nSPS) is 11.7. The Balaban J connectivity index is 2.45. The van der Waals surface area contributed by atoms with Gasteiger partial charge < -0.3 is 9.47 Å². The number of benzene rings is 1. The first-order chi connectivity index (χ1) is 8.83. The van der Waals surface area contributed by atoms with Crippen molar-refractivity contribution in [3.8, 4) is 5.75 Å². The van der Waals surface area contributed by atoms with Crippen molar-refractivity contribution in [1.29, 1.82) is 0 Å². The molecule has 19 heavy (non-hydrogen) atoms. The lowest BCUT2D eigenvalue weighted by molar-refractivity contribution is 0.0197. The zero-order valence-electron chi connectivity index (χ0n) is 12.1. The Morgan fingerprint density at radius 3 is 2.53 bits per heavy atom. The molecule has 5 heteroatoms. The minimum atomic E-state index is -1.08. The maximum atomic E-state index is 13.7. The van der Waals surface area contributed by atoms with Crippen LogP contribution in [-0.4, -0.2) is 21.5 Å². The van der Waals surface area contributed by atoms with Gasteiger partial charge in [-0.1, -0.05) is 42.5 Å². The van der Waals surface area contributed by atoms with E-state index in [9.17, 15) is 4.39 Å². The van der Waals surface area contributed by atoms with E-state index in [0.717, 1.165) is 22.5 Å². The Morgan fingerprint density at radius 2 is 1.95 bits per heavy atom. The molecule has 0 bridgehead atoms. The van der Waals surface area contributed by atoms with Gasteiger partial charge in [0.1, 0.15) is 0 Å². The minimum absolute atomic E-state index is 0.103. The van der Waals surface area contributed by atoms with Crippen LogP contribution in [0.2, 0.25) is 25.7 Å². The molecule has 0 aliphatic heterocycles. The predicted molar refractivity (Wildman–Crippen MR) is 83.1 cm³/mol. The average Bonchev–Trinajstić information content (AvgIpc) is 2.29. The number of aryl methyl sites for hydroxylation is 1. The molecule has 0 aliphatic rings. The topological polar surface area (TPSA) is 18.5 Å². The van der Waals surface area contributed by atoms with Gasteiger partial charge in [-0.3, -0.25) is 0 Å². The largest absolute Gasteiger partial charge is 0.464 e. The fourth-order valence-electron chi connectivity index (χ4n) is 1.50. The predicted octanol–water partition coefficient (Wildman–Crippen LogP) is 4.84. The molecule has 0 N–H and O–H groups in total. The van der Waals surface area contributed by atoms with Crippen LogP contribution in [0, 0.1) is 5.82 Å². The van der Waals surface area contributed by atoms with Crippen molar-refractivity contribution in [2.75, 3.05) is 13.4 Å². The number of rotatable bonds is 7. The smallest absolute Gasteiger partial charge is 0.189 e. The lowest BCUT2D eigenvalue weighted by Crippen LogP contribution is -2.22. The molecule has 0 aromatic heterocycles. The first kappa shape index (κ1) is 16.7. The molecule has 0 saturated heterocycles. The van der Waals surface area contributed by atoms with Crippen LogP contribution in [0.1, 0.15) is 12.5 Å². The van der Waals surface area contributed by atoms with Crippen LogP contribution >= 0.6 is 15.9 Å². The number of ether oxygens (including phenoxy) is 2. The van der Waals surface area contributed by atoms with Gasteiger partial charge in [-0.05, 0) is 30.2 Å². The molecule has 1 rings (SSSR count). The summed E-state index contributed by atoms with van der Waals surface area (Å²) in [6.45, 7) is 9.67. The van der Waals surface area contributed by atoms with Gasteiger partial charge in [-0.25, -0.2) is 4.39 Å². The Bertz CT molecular complexity index is 419. The molecular formula is C14H22BrFO2Si. The summed E-state index contributed by atoms with van der Waals surface area (Å²) in [5.74, 6) is -0.106. The molecule has 0 aliphatic carbocycles. The second kappa shape index (κ2) is 7.41. The van der Waals surface area contributed by atoms with Crippen molar-refractivity contribution in [2.24, 2.45) is 0 Å². The fourth-order valence-corrected chi connectivity index (χ4v) is 2.85. The Labute approximate surface area is 124 Å². The highest BCUT2D eigenvalue weighted by atomic mass is 79.9. The van der Waals surface area contributed by atoms with Gasteiger partial charge in [0.15, 0.2) is 18.4 Å². The van der Waals surface area contributed by atoms with Crippen LogP contribution in [-0.2, 0) is 11.2 Å². The summed E-state index contributed by atoms with van der Waals surface area (Å²) in [7, 11) is -1.08. The van der Waals surface area contributed by atoms with Crippen molar-refractivity contribution >= 4 is 24.0 Å². The van der Waals surface area contributed by atoms with Crippen molar-refractivity contribution in [1.82, 2.24) is 0 Å². The third-order valence-corrected chi connectivity index (χ3v) is 5.22. The van der Waals surface area contributed by atoms with Gasteiger partial charge in [-0.2, -0.15) is 0 Å². The Morgan fingerprint density at radius 1 is 1.26 bits per heavy atom. The number of halogens is 2. The van der Waals surface area contributed by atoms with Crippen LogP contribution < -0.4 is 4.74 Å². The van der Waals surface area contributed by atoms with Crippen molar-refractivity contribution < 1.29 is 13.9 Å². The molecule has 1 aromatic carbocycles.